The van der Waals surface area contributed by atoms with Gasteiger partial charge >= 0.3 is 11.9 Å². The Hall–Kier alpha value is -2.18. The summed E-state index contributed by atoms with van der Waals surface area (Å²) in [6, 6.07) is 7.81. The number of methoxy groups -OCH3 is 1. The van der Waals surface area contributed by atoms with Crippen molar-refractivity contribution < 1.29 is 24.2 Å². The Balaban J connectivity index is 3.32. The average molecular weight is 349 g/mol. The van der Waals surface area contributed by atoms with Gasteiger partial charge in [0, 0.05) is 5.54 Å². The van der Waals surface area contributed by atoms with E-state index in [1.165, 1.54) is 6.08 Å². The lowest BCUT2D eigenvalue weighted by Gasteiger charge is -2.35. The minimum absolute atomic E-state index is 0.126. The van der Waals surface area contributed by atoms with Gasteiger partial charge in [-0.15, -0.1) is 0 Å². The number of aliphatic hydroxyl groups is 1. The lowest BCUT2D eigenvalue weighted by molar-refractivity contribution is -0.169. The molecule has 1 rings (SSSR count). The second-order valence-electron chi connectivity index (χ2n) is 6.64. The van der Waals surface area contributed by atoms with Crippen molar-refractivity contribution in [3.05, 3.63) is 42.0 Å². The molecular weight excluding hydrogens is 322 g/mol. The van der Waals surface area contributed by atoms with Crippen LogP contribution in [0.2, 0.25) is 0 Å². The van der Waals surface area contributed by atoms with Crippen molar-refractivity contribution >= 4 is 18.0 Å². The highest BCUT2D eigenvalue weighted by atomic mass is 16.5. The fraction of sp³-hybridized carbons (Fsp3) is 0.474. The molecular formula is C19H27NO5. The minimum Gasteiger partial charge on any atom is -0.467 e. The number of ether oxygens (including phenoxy) is 2. The van der Waals surface area contributed by atoms with Crippen molar-refractivity contribution in [2.75, 3.05) is 13.7 Å². The van der Waals surface area contributed by atoms with Gasteiger partial charge in [0.05, 0.1) is 13.7 Å². The third-order valence-electron chi connectivity index (χ3n) is 3.38. The van der Waals surface area contributed by atoms with Crippen LogP contribution in [-0.2, 0) is 19.1 Å². The molecule has 2 atom stereocenters. The predicted octanol–water partition coefficient (Wildman–Crippen LogP) is 1.92. The summed E-state index contributed by atoms with van der Waals surface area (Å²) in [5, 5.41) is 14.0. The van der Waals surface area contributed by atoms with E-state index in [0.717, 1.165) is 12.7 Å². The van der Waals surface area contributed by atoms with Crippen LogP contribution in [0.1, 0.15) is 33.3 Å². The topological polar surface area (TPSA) is 84.9 Å². The molecule has 0 unspecified atom stereocenters. The van der Waals surface area contributed by atoms with Gasteiger partial charge in [0.15, 0.2) is 0 Å². The van der Waals surface area contributed by atoms with E-state index in [4.69, 9.17) is 9.47 Å². The zero-order valence-corrected chi connectivity index (χ0v) is 15.4. The van der Waals surface area contributed by atoms with Gasteiger partial charge in [0.2, 0.25) is 5.60 Å². The van der Waals surface area contributed by atoms with E-state index < -0.39 is 29.1 Å². The van der Waals surface area contributed by atoms with Gasteiger partial charge in [0.1, 0.15) is 6.04 Å². The van der Waals surface area contributed by atoms with Crippen LogP contribution < -0.4 is 5.32 Å². The van der Waals surface area contributed by atoms with E-state index in [-0.39, 0.29) is 6.61 Å². The lowest BCUT2D eigenvalue weighted by Crippen LogP contribution is -2.63. The molecule has 0 aromatic heterocycles. The van der Waals surface area contributed by atoms with E-state index in [2.05, 4.69) is 5.32 Å². The number of benzene rings is 1. The quantitative estimate of drug-likeness (QED) is 0.732. The van der Waals surface area contributed by atoms with Crippen molar-refractivity contribution in [1.82, 2.24) is 5.32 Å². The molecule has 0 amide bonds. The third-order valence-corrected chi connectivity index (χ3v) is 3.38. The summed E-state index contributed by atoms with van der Waals surface area (Å²) in [4.78, 5) is 24.7. The van der Waals surface area contributed by atoms with Gasteiger partial charge in [-0.2, -0.15) is 0 Å². The molecule has 0 spiro atoms. The highest BCUT2D eigenvalue weighted by Gasteiger charge is 2.49. The van der Waals surface area contributed by atoms with Crippen molar-refractivity contribution in [2.24, 2.45) is 0 Å². The summed E-state index contributed by atoms with van der Waals surface area (Å²) in [7, 11) is 1.16. The zero-order valence-electron chi connectivity index (χ0n) is 15.4. The third kappa shape index (κ3) is 5.99. The van der Waals surface area contributed by atoms with Crippen LogP contribution >= 0.6 is 0 Å². The molecule has 0 radical (unpaired) electrons. The Morgan fingerprint density at radius 3 is 2.32 bits per heavy atom. The predicted molar refractivity (Wildman–Crippen MR) is 95.8 cm³/mol. The van der Waals surface area contributed by atoms with Crippen molar-refractivity contribution in [3.8, 4) is 0 Å². The van der Waals surface area contributed by atoms with Gasteiger partial charge in [-0.1, -0.05) is 36.4 Å². The van der Waals surface area contributed by atoms with Crippen LogP contribution in [0.3, 0.4) is 0 Å². The number of hydrogen-bond donors (Lipinski definition) is 2. The Kier molecular flexibility index (Phi) is 7.33. The fourth-order valence-corrected chi connectivity index (χ4v) is 2.24. The molecule has 0 aliphatic rings. The molecule has 0 aliphatic carbocycles. The molecule has 0 heterocycles. The SMILES string of the molecule is CCOC(=O)[C@@H](NC(C)(C)C)[C@](O)(/C=C/c1ccccc1)C(=O)OC. The molecule has 25 heavy (non-hydrogen) atoms. The largest absolute Gasteiger partial charge is 0.467 e. The molecule has 1 aromatic rings. The average Bonchev–Trinajstić information content (AvgIpc) is 2.57. The minimum atomic E-state index is -2.22. The maximum atomic E-state index is 12.4. The molecule has 1 aromatic carbocycles. The van der Waals surface area contributed by atoms with Gasteiger partial charge < -0.3 is 14.6 Å². The van der Waals surface area contributed by atoms with Gasteiger partial charge in [0.25, 0.3) is 0 Å². The summed E-state index contributed by atoms with van der Waals surface area (Å²) < 4.78 is 9.78. The number of rotatable bonds is 7. The Morgan fingerprint density at radius 1 is 1.24 bits per heavy atom. The first-order chi connectivity index (χ1) is 11.6. The van der Waals surface area contributed by atoms with Gasteiger partial charge in [-0.25, -0.2) is 4.79 Å². The monoisotopic (exact) mass is 349 g/mol. The maximum absolute atomic E-state index is 12.4. The number of hydrogen-bond acceptors (Lipinski definition) is 6. The van der Waals surface area contributed by atoms with E-state index in [1.807, 2.05) is 51.1 Å². The second kappa shape index (κ2) is 8.78. The molecule has 138 valence electrons. The summed E-state index contributed by atoms with van der Waals surface area (Å²) in [5.41, 5.74) is -2.01. The first-order valence-corrected chi connectivity index (χ1v) is 8.13. The standard InChI is InChI=1S/C19H27NO5/c1-6-25-16(21)15(20-18(2,3)4)19(23,17(22)24-5)13-12-14-10-8-7-9-11-14/h7-13,15,20,23H,6H2,1-5H3/b13-12+/t15-,19-/m1/s1. The second-order valence-corrected chi connectivity index (χ2v) is 6.64. The van der Waals surface area contributed by atoms with Crippen molar-refractivity contribution in [3.63, 3.8) is 0 Å². The van der Waals surface area contributed by atoms with E-state index in [1.54, 1.807) is 13.0 Å². The zero-order chi connectivity index (χ0) is 19.1. The lowest BCUT2D eigenvalue weighted by atomic mass is 9.90. The van der Waals surface area contributed by atoms with Gasteiger partial charge in [-0.05, 0) is 39.3 Å². The van der Waals surface area contributed by atoms with Crippen molar-refractivity contribution in [1.29, 1.82) is 0 Å². The smallest absolute Gasteiger partial charge is 0.344 e. The first kappa shape index (κ1) is 20.9. The Bertz CT molecular complexity index is 606. The summed E-state index contributed by atoms with van der Waals surface area (Å²) in [5.74, 6) is -1.68. The summed E-state index contributed by atoms with van der Waals surface area (Å²) in [6.07, 6.45) is 2.82. The van der Waals surface area contributed by atoms with Crippen molar-refractivity contribution in [2.45, 2.75) is 44.9 Å². The molecule has 6 heteroatoms. The molecule has 6 nitrogen and oxygen atoms in total. The van der Waals surface area contributed by atoms with Crippen LogP contribution in [0.5, 0.6) is 0 Å². The number of carbonyl (C=O) groups excluding carboxylic acids is 2. The molecule has 0 saturated carbocycles. The van der Waals surface area contributed by atoms with E-state index in [9.17, 15) is 14.7 Å². The Morgan fingerprint density at radius 2 is 1.84 bits per heavy atom. The van der Waals surface area contributed by atoms with Crippen LogP contribution in [0.4, 0.5) is 0 Å². The summed E-state index contributed by atoms with van der Waals surface area (Å²) >= 11 is 0. The van der Waals surface area contributed by atoms with Crippen LogP contribution in [0, 0.1) is 0 Å². The molecule has 0 bridgehead atoms. The first-order valence-electron chi connectivity index (χ1n) is 8.13. The summed E-state index contributed by atoms with van der Waals surface area (Å²) in [6.45, 7) is 7.23. The molecule has 0 aliphatic heterocycles. The van der Waals surface area contributed by atoms with Crippen LogP contribution in [-0.4, -0.2) is 47.9 Å². The maximum Gasteiger partial charge on any atom is 0.344 e. The van der Waals surface area contributed by atoms with E-state index in [0.29, 0.717) is 0 Å². The molecule has 2 N–H and O–H groups in total. The molecule has 0 fully saturated rings. The van der Waals surface area contributed by atoms with E-state index >= 15 is 0 Å². The number of nitrogens with one attached hydrogen (secondary N) is 1. The normalized spacial score (nSPS) is 15.4. The number of esters is 2. The van der Waals surface area contributed by atoms with Crippen LogP contribution in [0.15, 0.2) is 36.4 Å². The Labute approximate surface area is 148 Å². The van der Waals surface area contributed by atoms with Crippen LogP contribution in [0.25, 0.3) is 6.08 Å². The molecule has 0 saturated heterocycles. The highest BCUT2D eigenvalue weighted by Crippen LogP contribution is 2.21. The van der Waals surface area contributed by atoms with Gasteiger partial charge in [-0.3, -0.25) is 10.1 Å². The number of carbonyl (C=O) groups is 2. The fourth-order valence-electron chi connectivity index (χ4n) is 2.24. The highest BCUT2D eigenvalue weighted by molar-refractivity contribution is 5.92.